The zero-order valence-corrected chi connectivity index (χ0v) is 23.5. The van der Waals surface area contributed by atoms with Gasteiger partial charge in [0, 0.05) is 35.2 Å². The van der Waals surface area contributed by atoms with Crippen molar-refractivity contribution < 1.29 is 9.18 Å². The Morgan fingerprint density at radius 1 is 0.821 bits per heavy atom. The summed E-state index contributed by atoms with van der Waals surface area (Å²) in [6.45, 7) is 1.41. The van der Waals surface area contributed by atoms with Crippen LogP contribution in [0.4, 0.5) is 4.39 Å². The lowest BCUT2D eigenvalue weighted by Gasteiger charge is -2.39. The van der Waals surface area contributed by atoms with Crippen LogP contribution in [0.1, 0.15) is 39.4 Å². The molecule has 0 N–H and O–H groups in total. The Kier molecular flexibility index (Phi) is 7.62. The number of fused-ring (bicyclic) bond motifs is 2. The molecule has 6 rings (SSSR count). The van der Waals surface area contributed by atoms with Gasteiger partial charge < -0.3 is 4.90 Å². The van der Waals surface area contributed by atoms with Crippen LogP contribution in [0.3, 0.4) is 0 Å². The molecule has 0 radical (unpaired) electrons. The van der Waals surface area contributed by atoms with Crippen LogP contribution in [-0.2, 0) is 37.0 Å². The van der Waals surface area contributed by atoms with Crippen LogP contribution < -0.4 is 0 Å². The first-order valence-corrected chi connectivity index (χ1v) is 14.5. The molecule has 0 bridgehead atoms. The molecule has 5 heteroatoms. The van der Waals surface area contributed by atoms with E-state index in [1.54, 1.807) is 12.1 Å². The molecule has 1 heterocycles. The highest BCUT2D eigenvalue weighted by Crippen LogP contribution is 2.35. The zero-order valence-electron chi connectivity index (χ0n) is 21.9. The number of hydrogen-bond acceptors (Lipinski definition) is 2. The topological polar surface area (TPSA) is 23.6 Å². The minimum atomic E-state index is -0.260. The lowest BCUT2D eigenvalue weighted by atomic mass is 9.88. The standard InChI is InChI=1S/C34H32BrFN2O/c35-31-15-7-4-12-27(31)21-33-30-14-6-3-9-24(30)17-18-37(33)23-34(39)38(22-28-13-5-8-16-32(28)36)29-19-25-10-1-2-11-26(25)20-29/h1-16,29,33H,17-23H2. The molecule has 0 aromatic heterocycles. The predicted octanol–water partition coefficient (Wildman–Crippen LogP) is 6.93. The average molecular weight is 584 g/mol. The van der Waals surface area contributed by atoms with Crippen molar-refractivity contribution in [3.8, 4) is 0 Å². The maximum Gasteiger partial charge on any atom is 0.237 e. The molecule has 39 heavy (non-hydrogen) atoms. The number of halogens is 2. The van der Waals surface area contributed by atoms with Gasteiger partial charge in [-0.2, -0.15) is 0 Å². The highest BCUT2D eigenvalue weighted by molar-refractivity contribution is 9.10. The molecule has 4 aromatic rings. The second kappa shape index (κ2) is 11.4. The number of amides is 1. The van der Waals surface area contributed by atoms with Crippen molar-refractivity contribution in [2.75, 3.05) is 13.1 Å². The minimum Gasteiger partial charge on any atom is -0.333 e. The molecule has 3 nitrogen and oxygen atoms in total. The third kappa shape index (κ3) is 5.57. The van der Waals surface area contributed by atoms with Crippen LogP contribution in [0.2, 0.25) is 0 Å². The van der Waals surface area contributed by atoms with Crippen molar-refractivity contribution in [3.63, 3.8) is 0 Å². The first-order chi connectivity index (χ1) is 19.1. The molecule has 0 saturated carbocycles. The van der Waals surface area contributed by atoms with E-state index < -0.39 is 0 Å². The van der Waals surface area contributed by atoms with E-state index in [0.29, 0.717) is 12.1 Å². The van der Waals surface area contributed by atoms with Crippen molar-refractivity contribution in [1.29, 1.82) is 0 Å². The summed E-state index contributed by atoms with van der Waals surface area (Å²) in [5, 5.41) is 0. The van der Waals surface area contributed by atoms with Gasteiger partial charge in [-0.15, -0.1) is 0 Å². The van der Waals surface area contributed by atoms with Crippen LogP contribution in [-0.4, -0.2) is 34.8 Å². The molecular weight excluding hydrogens is 551 g/mol. The van der Waals surface area contributed by atoms with E-state index in [2.05, 4.69) is 87.6 Å². The van der Waals surface area contributed by atoms with Crippen LogP contribution in [0.25, 0.3) is 0 Å². The van der Waals surface area contributed by atoms with Crippen molar-refractivity contribution in [3.05, 3.63) is 141 Å². The van der Waals surface area contributed by atoms with Crippen molar-refractivity contribution >= 4 is 21.8 Å². The Labute approximate surface area is 238 Å². The van der Waals surface area contributed by atoms with Gasteiger partial charge in [0.1, 0.15) is 5.82 Å². The van der Waals surface area contributed by atoms with E-state index in [-0.39, 0.29) is 30.4 Å². The summed E-state index contributed by atoms with van der Waals surface area (Å²) >= 11 is 3.73. The number of benzene rings is 4. The van der Waals surface area contributed by atoms with E-state index in [9.17, 15) is 9.18 Å². The van der Waals surface area contributed by atoms with Crippen LogP contribution in [0, 0.1) is 5.82 Å². The van der Waals surface area contributed by atoms with E-state index in [4.69, 9.17) is 0 Å². The van der Waals surface area contributed by atoms with E-state index >= 15 is 0 Å². The predicted molar refractivity (Wildman–Crippen MR) is 157 cm³/mol. The quantitative estimate of drug-likeness (QED) is 0.236. The summed E-state index contributed by atoms with van der Waals surface area (Å²) in [7, 11) is 0. The second-order valence-electron chi connectivity index (χ2n) is 10.7. The van der Waals surface area contributed by atoms with Crippen LogP contribution in [0.15, 0.2) is 102 Å². The van der Waals surface area contributed by atoms with E-state index in [1.165, 1.54) is 33.9 Å². The second-order valence-corrected chi connectivity index (χ2v) is 11.5. The van der Waals surface area contributed by atoms with Crippen LogP contribution in [0.5, 0.6) is 0 Å². The van der Waals surface area contributed by atoms with Gasteiger partial charge in [-0.1, -0.05) is 101 Å². The maximum atomic E-state index is 14.8. The van der Waals surface area contributed by atoms with Gasteiger partial charge in [0.2, 0.25) is 5.91 Å². The van der Waals surface area contributed by atoms with Gasteiger partial charge >= 0.3 is 0 Å². The van der Waals surface area contributed by atoms with Gasteiger partial charge in [0.25, 0.3) is 0 Å². The fraction of sp³-hybridized carbons (Fsp3) is 0.265. The molecular formula is C34H32BrFN2O. The summed E-state index contributed by atoms with van der Waals surface area (Å²) in [6.07, 6.45) is 3.34. The fourth-order valence-corrected chi connectivity index (χ4v) is 6.70. The zero-order chi connectivity index (χ0) is 26.8. The SMILES string of the molecule is O=C(CN1CCc2ccccc2C1Cc1ccccc1Br)N(Cc1ccccc1F)C1Cc2ccccc2C1. The minimum absolute atomic E-state index is 0.0216. The van der Waals surface area contributed by atoms with E-state index in [0.717, 1.165) is 36.7 Å². The molecule has 1 atom stereocenters. The highest BCUT2D eigenvalue weighted by atomic mass is 79.9. The molecule has 0 saturated heterocycles. The van der Waals surface area contributed by atoms with Gasteiger partial charge in [0.15, 0.2) is 0 Å². The molecule has 1 amide bonds. The Morgan fingerprint density at radius 3 is 2.15 bits per heavy atom. The third-order valence-corrected chi connectivity index (χ3v) is 9.10. The summed E-state index contributed by atoms with van der Waals surface area (Å²) in [5.74, 6) is -0.197. The maximum absolute atomic E-state index is 14.8. The molecule has 1 unspecified atom stereocenters. The van der Waals surface area contributed by atoms with E-state index in [1.807, 2.05) is 17.0 Å². The summed E-state index contributed by atoms with van der Waals surface area (Å²) in [6, 6.07) is 32.3. The number of nitrogens with zero attached hydrogens (tertiary/aromatic N) is 2. The largest absolute Gasteiger partial charge is 0.333 e. The van der Waals surface area contributed by atoms with Crippen molar-refractivity contribution in [1.82, 2.24) is 9.80 Å². The lowest BCUT2D eigenvalue weighted by Crippen LogP contribution is -2.48. The molecule has 0 fully saturated rings. The Hall–Kier alpha value is -3.28. The molecule has 2 aliphatic rings. The Bertz CT molecular complexity index is 1460. The Balaban J connectivity index is 1.29. The van der Waals surface area contributed by atoms with Crippen LogP contribution >= 0.6 is 15.9 Å². The summed E-state index contributed by atoms with van der Waals surface area (Å²) < 4.78 is 15.9. The molecule has 0 spiro atoms. The average Bonchev–Trinajstić information content (AvgIpc) is 3.39. The fourth-order valence-electron chi connectivity index (χ4n) is 6.26. The normalized spacial score (nSPS) is 17.0. The highest BCUT2D eigenvalue weighted by Gasteiger charge is 2.34. The van der Waals surface area contributed by atoms with Crippen molar-refractivity contribution in [2.24, 2.45) is 0 Å². The number of hydrogen-bond donors (Lipinski definition) is 0. The molecule has 4 aromatic carbocycles. The monoisotopic (exact) mass is 582 g/mol. The van der Waals surface area contributed by atoms with Crippen molar-refractivity contribution in [2.45, 2.75) is 44.3 Å². The first-order valence-electron chi connectivity index (χ1n) is 13.7. The Morgan fingerprint density at radius 2 is 1.44 bits per heavy atom. The third-order valence-electron chi connectivity index (χ3n) is 8.32. The number of rotatable bonds is 7. The lowest BCUT2D eigenvalue weighted by molar-refractivity contribution is -0.136. The number of carbonyl (C=O) groups excluding carboxylic acids is 1. The first kappa shape index (κ1) is 26.0. The smallest absolute Gasteiger partial charge is 0.237 e. The number of carbonyl (C=O) groups is 1. The molecule has 198 valence electrons. The molecule has 1 aliphatic heterocycles. The van der Waals surface area contributed by atoms with Gasteiger partial charge in [0.05, 0.1) is 6.54 Å². The molecule has 1 aliphatic carbocycles. The van der Waals surface area contributed by atoms with Gasteiger partial charge in [-0.25, -0.2) is 4.39 Å². The van der Waals surface area contributed by atoms with Gasteiger partial charge in [-0.05, 0) is 65.6 Å². The summed E-state index contributed by atoms with van der Waals surface area (Å²) in [4.78, 5) is 18.5. The summed E-state index contributed by atoms with van der Waals surface area (Å²) in [5.41, 5.74) is 7.01. The van der Waals surface area contributed by atoms with Gasteiger partial charge in [-0.3, -0.25) is 9.69 Å².